The van der Waals surface area contributed by atoms with Crippen LogP contribution in [-0.4, -0.2) is 45.5 Å². The number of amides is 1. The largest absolute Gasteiger partial charge is 0.464 e. The van der Waals surface area contributed by atoms with Gasteiger partial charge in [-0.15, -0.1) is 0 Å². The van der Waals surface area contributed by atoms with Crippen molar-refractivity contribution < 1.29 is 24.4 Å². The van der Waals surface area contributed by atoms with Gasteiger partial charge in [0.2, 0.25) is 0 Å². The summed E-state index contributed by atoms with van der Waals surface area (Å²) in [6, 6.07) is 4.84. The molecule has 0 aliphatic carbocycles. The average molecular weight is 307 g/mol. The molecule has 116 valence electrons. The first-order valence-corrected chi connectivity index (χ1v) is 6.23. The molecule has 0 radical (unpaired) electrons. The second kappa shape index (κ2) is 5.53. The molecule has 1 heterocycles. The van der Waals surface area contributed by atoms with Gasteiger partial charge in [-0.05, 0) is 19.1 Å². The first kappa shape index (κ1) is 15.6. The SMILES string of the molecule is COC(=O)C1=NN(C(=O)c2ccc([N+](=O)[O-])cc2)[C@](C)(O)C1. The van der Waals surface area contributed by atoms with E-state index < -0.39 is 22.5 Å². The van der Waals surface area contributed by atoms with Crippen molar-refractivity contribution in [3.05, 3.63) is 39.9 Å². The molecular formula is C13H13N3O6. The van der Waals surface area contributed by atoms with E-state index in [2.05, 4.69) is 9.84 Å². The molecule has 9 heteroatoms. The van der Waals surface area contributed by atoms with Crippen LogP contribution in [-0.2, 0) is 9.53 Å². The zero-order chi connectivity index (χ0) is 16.5. The van der Waals surface area contributed by atoms with Crippen molar-refractivity contribution in [2.75, 3.05) is 7.11 Å². The van der Waals surface area contributed by atoms with Crippen LogP contribution in [0.15, 0.2) is 29.4 Å². The Labute approximate surface area is 124 Å². The maximum atomic E-state index is 12.3. The molecule has 0 bridgehead atoms. The van der Waals surface area contributed by atoms with E-state index in [1.165, 1.54) is 38.3 Å². The van der Waals surface area contributed by atoms with E-state index in [0.717, 1.165) is 5.01 Å². The fourth-order valence-corrected chi connectivity index (χ4v) is 2.00. The Morgan fingerprint density at radius 1 is 1.41 bits per heavy atom. The van der Waals surface area contributed by atoms with Gasteiger partial charge in [0.1, 0.15) is 0 Å². The zero-order valence-electron chi connectivity index (χ0n) is 11.8. The van der Waals surface area contributed by atoms with Gasteiger partial charge < -0.3 is 9.84 Å². The fraction of sp³-hybridized carbons (Fsp3) is 0.308. The minimum Gasteiger partial charge on any atom is -0.464 e. The third kappa shape index (κ3) is 2.79. The summed E-state index contributed by atoms with van der Waals surface area (Å²) in [6.45, 7) is 1.33. The average Bonchev–Trinajstić information content (AvgIpc) is 2.81. The van der Waals surface area contributed by atoms with E-state index >= 15 is 0 Å². The van der Waals surface area contributed by atoms with Crippen LogP contribution in [0.1, 0.15) is 23.7 Å². The number of carbonyl (C=O) groups is 2. The molecule has 1 N–H and O–H groups in total. The monoisotopic (exact) mass is 307 g/mol. The summed E-state index contributed by atoms with van der Waals surface area (Å²) in [5, 5.41) is 25.4. The van der Waals surface area contributed by atoms with Crippen molar-refractivity contribution >= 4 is 23.3 Å². The molecule has 0 aromatic heterocycles. The quantitative estimate of drug-likeness (QED) is 0.497. The van der Waals surface area contributed by atoms with E-state index in [4.69, 9.17) is 0 Å². The number of hydrazone groups is 1. The number of carbonyl (C=O) groups excluding carboxylic acids is 2. The molecule has 1 aromatic rings. The molecule has 22 heavy (non-hydrogen) atoms. The van der Waals surface area contributed by atoms with Crippen LogP contribution in [0.25, 0.3) is 0 Å². The van der Waals surface area contributed by atoms with Crippen molar-refractivity contribution in [1.82, 2.24) is 5.01 Å². The summed E-state index contributed by atoms with van der Waals surface area (Å²) in [6.07, 6.45) is -0.168. The number of nitrogens with zero attached hydrogens (tertiary/aromatic N) is 3. The molecule has 1 atom stereocenters. The molecular weight excluding hydrogens is 294 g/mol. The summed E-state index contributed by atoms with van der Waals surface area (Å²) in [5.41, 5.74) is -1.82. The van der Waals surface area contributed by atoms with Crippen molar-refractivity contribution in [3.63, 3.8) is 0 Å². The van der Waals surface area contributed by atoms with Crippen LogP contribution in [0.2, 0.25) is 0 Å². The third-order valence-electron chi connectivity index (χ3n) is 3.12. The Hall–Kier alpha value is -2.81. The van der Waals surface area contributed by atoms with Gasteiger partial charge in [-0.1, -0.05) is 0 Å². The van der Waals surface area contributed by atoms with Crippen LogP contribution in [0, 0.1) is 10.1 Å². The van der Waals surface area contributed by atoms with Crippen LogP contribution < -0.4 is 0 Å². The highest BCUT2D eigenvalue weighted by molar-refractivity contribution is 6.37. The zero-order valence-corrected chi connectivity index (χ0v) is 11.8. The van der Waals surface area contributed by atoms with Crippen LogP contribution in [0.3, 0.4) is 0 Å². The number of non-ortho nitro benzene ring substituents is 1. The van der Waals surface area contributed by atoms with Crippen LogP contribution >= 0.6 is 0 Å². The number of esters is 1. The number of methoxy groups -OCH3 is 1. The normalized spacial score (nSPS) is 20.5. The number of hydrogen-bond acceptors (Lipinski definition) is 7. The number of nitro groups is 1. The Bertz CT molecular complexity index is 665. The molecule has 1 amide bonds. The number of aliphatic hydroxyl groups is 1. The molecule has 0 unspecified atom stereocenters. The second-order valence-electron chi connectivity index (χ2n) is 4.85. The van der Waals surface area contributed by atoms with E-state index in [-0.39, 0.29) is 23.4 Å². The molecule has 0 saturated heterocycles. The summed E-state index contributed by atoms with van der Waals surface area (Å²) in [7, 11) is 1.17. The lowest BCUT2D eigenvalue weighted by Crippen LogP contribution is -2.43. The molecule has 2 rings (SSSR count). The molecule has 1 aliphatic rings. The van der Waals surface area contributed by atoms with E-state index in [0.29, 0.717) is 0 Å². The summed E-state index contributed by atoms with van der Waals surface area (Å²) >= 11 is 0. The minimum absolute atomic E-state index is 0.0808. The Morgan fingerprint density at radius 3 is 2.50 bits per heavy atom. The standard InChI is InChI=1S/C13H13N3O6/c1-13(19)7-10(12(18)22-2)14-15(13)11(17)8-3-5-9(6-4-8)16(20)21/h3-6,19H,7H2,1-2H3/t13-/m1/s1. The summed E-state index contributed by atoms with van der Waals surface area (Å²) in [5.74, 6) is -1.42. The molecule has 9 nitrogen and oxygen atoms in total. The highest BCUT2D eigenvalue weighted by atomic mass is 16.6. The number of rotatable bonds is 3. The van der Waals surface area contributed by atoms with E-state index in [1.807, 2.05) is 0 Å². The molecule has 1 aromatic carbocycles. The number of ether oxygens (including phenoxy) is 1. The van der Waals surface area contributed by atoms with Gasteiger partial charge >= 0.3 is 5.97 Å². The lowest BCUT2D eigenvalue weighted by molar-refractivity contribution is -0.384. The second-order valence-corrected chi connectivity index (χ2v) is 4.85. The Morgan fingerprint density at radius 2 is 2.00 bits per heavy atom. The van der Waals surface area contributed by atoms with E-state index in [9.17, 15) is 24.8 Å². The first-order chi connectivity index (χ1) is 10.3. The van der Waals surface area contributed by atoms with Gasteiger partial charge in [0.15, 0.2) is 11.4 Å². The highest BCUT2D eigenvalue weighted by Crippen LogP contribution is 2.27. The molecule has 0 fully saturated rings. The van der Waals surface area contributed by atoms with Crippen molar-refractivity contribution in [2.45, 2.75) is 19.1 Å². The van der Waals surface area contributed by atoms with Gasteiger partial charge in [0, 0.05) is 24.1 Å². The first-order valence-electron chi connectivity index (χ1n) is 6.23. The number of hydrogen-bond donors (Lipinski definition) is 1. The molecule has 0 spiro atoms. The predicted octanol–water partition coefficient (Wildman–Crippen LogP) is 0.678. The van der Waals surface area contributed by atoms with Crippen molar-refractivity contribution in [3.8, 4) is 0 Å². The van der Waals surface area contributed by atoms with Crippen molar-refractivity contribution in [2.24, 2.45) is 5.10 Å². The lowest BCUT2D eigenvalue weighted by Gasteiger charge is -2.26. The Balaban J connectivity index is 2.29. The van der Waals surface area contributed by atoms with Gasteiger partial charge in [0.25, 0.3) is 11.6 Å². The topological polar surface area (TPSA) is 122 Å². The van der Waals surface area contributed by atoms with Crippen LogP contribution in [0.4, 0.5) is 5.69 Å². The van der Waals surface area contributed by atoms with Gasteiger partial charge in [-0.3, -0.25) is 14.9 Å². The predicted molar refractivity (Wildman–Crippen MR) is 74.0 cm³/mol. The smallest absolute Gasteiger partial charge is 0.354 e. The highest BCUT2D eigenvalue weighted by Gasteiger charge is 2.43. The Kier molecular flexibility index (Phi) is 3.91. The lowest BCUT2D eigenvalue weighted by atomic mass is 10.1. The summed E-state index contributed by atoms with van der Waals surface area (Å²) < 4.78 is 4.51. The summed E-state index contributed by atoms with van der Waals surface area (Å²) in [4.78, 5) is 33.8. The van der Waals surface area contributed by atoms with E-state index in [1.54, 1.807) is 0 Å². The van der Waals surface area contributed by atoms with Gasteiger partial charge in [-0.2, -0.15) is 10.1 Å². The fourth-order valence-electron chi connectivity index (χ4n) is 2.00. The minimum atomic E-state index is -1.68. The van der Waals surface area contributed by atoms with Crippen LogP contribution in [0.5, 0.6) is 0 Å². The van der Waals surface area contributed by atoms with Crippen molar-refractivity contribution in [1.29, 1.82) is 0 Å². The molecule has 1 aliphatic heterocycles. The number of nitro benzene ring substituents is 1. The number of benzene rings is 1. The maximum absolute atomic E-state index is 12.3. The molecule has 0 saturated carbocycles. The van der Waals surface area contributed by atoms with Gasteiger partial charge in [0.05, 0.1) is 12.0 Å². The van der Waals surface area contributed by atoms with Gasteiger partial charge in [-0.25, -0.2) is 4.79 Å². The third-order valence-corrected chi connectivity index (χ3v) is 3.12. The maximum Gasteiger partial charge on any atom is 0.354 e.